The highest BCUT2D eigenvalue weighted by molar-refractivity contribution is 6.34. The van der Waals surface area contributed by atoms with E-state index < -0.39 is 5.82 Å². The third-order valence-electron chi connectivity index (χ3n) is 5.27. The summed E-state index contributed by atoms with van der Waals surface area (Å²) in [5.74, 6) is -0.0117. The Morgan fingerprint density at radius 3 is 2.48 bits per heavy atom. The average Bonchev–Trinajstić information content (AvgIpc) is 2.77. The highest BCUT2D eigenvalue weighted by Gasteiger charge is 2.12. The van der Waals surface area contributed by atoms with Crippen LogP contribution >= 0.6 is 23.2 Å². The summed E-state index contributed by atoms with van der Waals surface area (Å²) in [6, 6.07) is 9.81. The molecule has 8 heteroatoms. The number of hydrogen-bond donors (Lipinski definition) is 2. The lowest BCUT2D eigenvalue weighted by Crippen LogP contribution is -2.27. The van der Waals surface area contributed by atoms with Crippen LogP contribution in [0, 0.1) is 5.82 Å². The van der Waals surface area contributed by atoms with Gasteiger partial charge >= 0.3 is 0 Å². The summed E-state index contributed by atoms with van der Waals surface area (Å²) in [5, 5.41) is 8.20. The molecule has 2 aromatic carbocycles. The first-order valence-corrected chi connectivity index (χ1v) is 12.0. The van der Waals surface area contributed by atoms with E-state index in [9.17, 15) is 9.18 Å². The monoisotopic (exact) mass is 490 g/mol. The maximum absolute atomic E-state index is 13.5. The molecule has 1 aromatic heterocycles. The lowest BCUT2D eigenvalue weighted by atomic mass is 10.1. The number of rotatable bonds is 11. The van der Waals surface area contributed by atoms with Crippen molar-refractivity contribution in [3.8, 4) is 0 Å². The van der Waals surface area contributed by atoms with Gasteiger partial charge in [-0.25, -0.2) is 9.37 Å². The van der Waals surface area contributed by atoms with E-state index in [4.69, 9.17) is 23.2 Å². The van der Waals surface area contributed by atoms with Gasteiger partial charge < -0.3 is 15.5 Å². The summed E-state index contributed by atoms with van der Waals surface area (Å²) >= 11 is 12.3. The van der Waals surface area contributed by atoms with Gasteiger partial charge in [0.15, 0.2) is 0 Å². The number of nitrogens with zero attached hydrogens (tertiary/aromatic N) is 2. The summed E-state index contributed by atoms with van der Waals surface area (Å²) < 4.78 is 13.5. The standard InChI is InChI=1S/C25H29Cl2FN4O/c1-3-11-32(12-4-2)13-5-6-24(33)31-23-16-19-17(14-21(23)27)9-10-29-25(19)30-18-7-8-22(28)20(26)15-18/h7-10,14-16H,3-6,11-13H2,1-2H3,(H,29,30)(H,31,33). The van der Waals surface area contributed by atoms with Gasteiger partial charge in [-0.2, -0.15) is 0 Å². The summed E-state index contributed by atoms with van der Waals surface area (Å²) in [6.07, 6.45) is 5.07. The molecule has 3 aromatic rings. The minimum absolute atomic E-state index is 0.0210. The lowest BCUT2D eigenvalue weighted by Gasteiger charge is -2.20. The minimum atomic E-state index is -0.489. The Bertz CT molecular complexity index is 1100. The third-order valence-corrected chi connectivity index (χ3v) is 5.87. The molecule has 0 unspecified atom stereocenters. The second-order valence-electron chi connectivity index (χ2n) is 7.96. The Hall–Kier alpha value is -2.41. The Morgan fingerprint density at radius 1 is 1.03 bits per heavy atom. The second kappa shape index (κ2) is 12.2. The minimum Gasteiger partial charge on any atom is -0.340 e. The van der Waals surface area contributed by atoms with Crippen molar-refractivity contribution in [1.82, 2.24) is 9.88 Å². The van der Waals surface area contributed by atoms with Crippen LogP contribution in [0.15, 0.2) is 42.6 Å². The Kier molecular flexibility index (Phi) is 9.30. The Balaban J connectivity index is 1.72. The van der Waals surface area contributed by atoms with Crippen molar-refractivity contribution in [2.24, 2.45) is 0 Å². The third kappa shape index (κ3) is 7.03. The first-order chi connectivity index (χ1) is 15.9. The number of carbonyl (C=O) groups excluding carboxylic acids is 1. The molecular weight excluding hydrogens is 462 g/mol. The molecule has 0 atom stereocenters. The van der Waals surface area contributed by atoms with Crippen molar-refractivity contribution in [1.29, 1.82) is 0 Å². The highest BCUT2D eigenvalue weighted by Crippen LogP contribution is 2.33. The average molecular weight is 491 g/mol. The molecule has 5 nitrogen and oxygen atoms in total. The van der Waals surface area contributed by atoms with E-state index in [2.05, 4.69) is 34.4 Å². The number of halogens is 3. The first kappa shape index (κ1) is 25.2. The van der Waals surface area contributed by atoms with Crippen LogP contribution in [0.1, 0.15) is 39.5 Å². The lowest BCUT2D eigenvalue weighted by molar-refractivity contribution is -0.116. The van der Waals surface area contributed by atoms with Crippen molar-refractivity contribution in [3.63, 3.8) is 0 Å². The van der Waals surface area contributed by atoms with Crippen molar-refractivity contribution in [2.45, 2.75) is 39.5 Å². The van der Waals surface area contributed by atoms with E-state index in [0.29, 0.717) is 28.6 Å². The second-order valence-corrected chi connectivity index (χ2v) is 8.77. The molecule has 0 bridgehead atoms. The largest absolute Gasteiger partial charge is 0.340 e. The molecule has 0 fully saturated rings. The summed E-state index contributed by atoms with van der Waals surface area (Å²) in [4.78, 5) is 19.4. The summed E-state index contributed by atoms with van der Waals surface area (Å²) in [7, 11) is 0. The van der Waals surface area contributed by atoms with Gasteiger partial charge in [0.1, 0.15) is 11.6 Å². The van der Waals surface area contributed by atoms with Crippen LogP contribution < -0.4 is 10.6 Å². The van der Waals surface area contributed by atoms with E-state index in [0.717, 1.165) is 49.7 Å². The number of nitrogens with one attached hydrogen (secondary N) is 2. The molecule has 0 aliphatic rings. The Labute approximate surface area is 204 Å². The predicted molar refractivity (Wildman–Crippen MR) is 136 cm³/mol. The van der Waals surface area contributed by atoms with Crippen LogP contribution in [-0.2, 0) is 4.79 Å². The molecule has 0 radical (unpaired) electrons. The molecule has 0 spiro atoms. The summed E-state index contributed by atoms with van der Waals surface area (Å²) in [5.41, 5.74) is 1.13. The molecule has 1 heterocycles. The zero-order chi connectivity index (χ0) is 23.8. The molecule has 176 valence electrons. The predicted octanol–water partition coefficient (Wildman–Crippen LogP) is 7.27. The molecule has 1 amide bonds. The normalized spacial score (nSPS) is 11.2. The molecular formula is C25H29Cl2FN4O. The van der Waals surface area contributed by atoms with E-state index in [1.807, 2.05) is 6.07 Å². The fourth-order valence-electron chi connectivity index (χ4n) is 3.74. The fourth-order valence-corrected chi connectivity index (χ4v) is 4.14. The van der Waals surface area contributed by atoms with Crippen LogP contribution in [0.25, 0.3) is 10.8 Å². The number of fused-ring (bicyclic) bond motifs is 1. The summed E-state index contributed by atoms with van der Waals surface area (Å²) in [6.45, 7) is 7.33. The van der Waals surface area contributed by atoms with Crippen molar-refractivity contribution in [2.75, 3.05) is 30.3 Å². The number of amides is 1. The molecule has 33 heavy (non-hydrogen) atoms. The smallest absolute Gasteiger partial charge is 0.224 e. The van der Waals surface area contributed by atoms with Gasteiger partial charge in [0.05, 0.1) is 15.7 Å². The van der Waals surface area contributed by atoms with Gasteiger partial charge in [0, 0.05) is 23.7 Å². The van der Waals surface area contributed by atoms with Gasteiger partial charge in [0.25, 0.3) is 0 Å². The molecule has 0 saturated carbocycles. The van der Waals surface area contributed by atoms with Crippen molar-refractivity contribution >= 4 is 57.1 Å². The number of pyridine rings is 1. The van der Waals surface area contributed by atoms with Crippen LogP contribution in [0.4, 0.5) is 21.6 Å². The number of benzene rings is 2. The first-order valence-electron chi connectivity index (χ1n) is 11.2. The Morgan fingerprint density at radius 2 is 1.79 bits per heavy atom. The van der Waals surface area contributed by atoms with Gasteiger partial charge in [-0.05, 0) is 80.7 Å². The van der Waals surface area contributed by atoms with E-state index >= 15 is 0 Å². The zero-order valence-corrected chi connectivity index (χ0v) is 20.4. The van der Waals surface area contributed by atoms with Crippen LogP contribution in [0.2, 0.25) is 10.0 Å². The van der Waals surface area contributed by atoms with Crippen LogP contribution in [-0.4, -0.2) is 35.4 Å². The molecule has 3 rings (SSSR count). The van der Waals surface area contributed by atoms with Crippen molar-refractivity contribution in [3.05, 3.63) is 58.5 Å². The fraction of sp³-hybridized carbons (Fsp3) is 0.360. The van der Waals surface area contributed by atoms with Gasteiger partial charge in [-0.1, -0.05) is 37.0 Å². The number of aromatic nitrogens is 1. The highest BCUT2D eigenvalue weighted by atomic mass is 35.5. The number of hydrogen-bond acceptors (Lipinski definition) is 4. The van der Waals surface area contributed by atoms with E-state index in [1.165, 1.54) is 12.1 Å². The van der Waals surface area contributed by atoms with Gasteiger partial charge in [-0.15, -0.1) is 0 Å². The maximum Gasteiger partial charge on any atom is 0.224 e. The van der Waals surface area contributed by atoms with E-state index in [-0.39, 0.29) is 10.9 Å². The topological polar surface area (TPSA) is 57.3 Å². The van der Waals surface area contributed by atoms with Crippen LogP contribution in [0.5, 0.6) is 0 Å². The molecule has 2 N–H and O–H groups in total. The molecule has 0 aliphatic heterocycles. The zero-order valence-electron chi connectivity index (χ0n) is 18.9. The quantitative estimate of drug-likeness (QED) is 0.296. The molecule has 0 aliphatic carbocycles. The van der Waals surface area contributed by atoms with Crippen LogP contribution in [0.3, 0.4) is 0 Å². The van der Waals surface area contributed by atoms with Gasteiger partial charge in [-0.3, -0.25) is 4.79 Å². The molecule has 0 saturated heterocycles. The van der Waals surface area contributed by atoms with Gasteiger partial charge in [0.2, 0.25) is 5.91 Å². The number of carbonyl (C=O) groups is 1. The maximum atomic E-state index is 13.5. The number of anilines is 3. The van der Waals surface area contributed by atoms with E-state index in [1.54, 1.807) is 24.4 Å². The SMILES string of the molecule is CCCN(CCC)CCCC(=O)Nc1cc2c(Nc3ccc(F)c(Cl)c3)nccc2cc1Cl. The van der Waals surface area contributed by atoms with Crippen molar-refractivity contribution < 1.29 is 9.18 Å².